The Labute approximate surface area is 75.7 Å². The topological polar surface area (TPSA) is 69.5 Å². The van der Waals surface area contributed by atoms with E-state index in [9.17, 15) is 10.2 Å². The molecule has 1 fully saturated rings. The second-order valence-electron chi connectivity index (χ2n) is 3.10. The zero-order chi connectivity index (χ0) is 9.26. The first-order chi connectivity index (χ1) is 6.27. The predicted molar refractivity (Wildman–Crippen MR) is 46.3 cm³/mol. The van der Waals surface area contributed by atoms with E-state index in [1.54, 1.807) is 18.6 Å². The Balaban J connectivity index is 2.12. The Morgan fingerprint density at radius 1 is 1.23 bits per heavy atom. The maximum absolute atomic E-state index is 9.29. The molecule has 0 radical (unpaired) electrons. The highest BCUT2D eigenvalue weighted by molar-refractivity contribution is 5.37. The summed E-state index contributed by atoms with van der Waals surface area (Å²) in [5.74, 6) is 0.693. The Bertz CT molecular complexity index is 270. The van der Waals surface area contributed by atoms with Crippen LogP contribution in [0.1, 0.15) is 0 Å². The van der Waals surface area contributed by atoms with E-state index in [0.717, 1.165) is 0 Å². The number of nitrogens with zero attached hydrogens (tertiary/aromatic N) is 3. The first-order valence-corrected chi connectivity index (χ1v) is 4.14. The van der Waals surface area contributed by atoms with Gasteiger partial charge in [-0.15, -0.1) is 0 Å². The zero-order valence-corrected chi connectivity index (χ0v) is 7.04. The summed E-state index contributed by atoms with van der Waals surface area (Å²) in [5.41, 5.74) is 0. The van der Waals surface area contributed by atoms with E-state index >= 15 is 0 Å². The standard InChI is InChI=1S/C8H11N3O2/c12-6-4-11(5-7(6)13)8-3-9-1-2-10-8/h1-3,6-7,12-13H,4-5H2. The highest BCUT2D eigenvalue weighted by atomic mass is 16.3. The minimum absolute atomic E-state index is 0.417. The maximum atomic E-state index is 9.29. The van der Waals surface area contributed by atoms with Crippen LogP contribution < -0.4 is 4.90 Å². The molecule has 0 spiro atoms. The lowest BCUT2D eigenvalue weighted by atomic mass is 10.3. The van der Waals surface area contributed by atoms with E-state index < -0.39 is 12.2 Å². The predicted octanol–water partition coefficient (Wildman–Crippen LogP) is -0.982. The molecule has 1 aromatic heterocycles. The molecule has 1 saturated heterocycles. The molecule has 0 saturated carbocycles. The molecule has 70 valence electrons. The lowest BCUT2D eigenvalue weighted by Crippen LogP contribution is -2.22. The average molecular weight is 181 g/mol. The van der Waals surface area contributed by atoms with Gasteiger partial charge in [0, 0.05) is 25.5 Å². The third kappa shape index (κ3) is 1.61. The van der Waals surface area contributed by atoms with Crippen LogP contribution in [0.15, 0.2) is 18.6 Å². The average Bonchev–Trinajstić information content (AvgIpc) is 2.49. The minimum Gasteiger partial charge on any atom is -0.389 e. The normalized spacial score (nSPS) is 28.0. The Kier molecular flexibility index (Phi) is 2.12. The second kappa shape index (κ2) is 3.27. The number of aliphatic hydroxyl groups is 2. The van der Waals surface area contributed by atoms with Crippen molar-refractivity contribution in [1.82, 2.24) is 9.97 Å². The molecule has 5 heteroatoms. The lowest BCUT2D eigenvalue weighted by molar-refractivity contribution is 0.0572. The minimum atomic E-state index is -0.679. The molecule has 0 bridgehead atoms. The molecule has 2 N–H and O–H groups in total. The number of rotatable bonds is 1. The maximum Gasteiger partial charge on any atom is 0.147 e. The summed E-state index contributed by atoms with van der Waals surface area (Å²) < 4.78 is 0. The van der Waals surface area contributed by atoms with Crippen LogP contribution in [0.4, 0.5) is 5.82 Å². The molecule has 0 aromatic carbocycles. The van der Waals surface area contributed by atoms with E-state index in [1.807, 2.05) is 4.90 Å². The largest absolute Gasteiger partial charge is 0.389 e. The molecular weight excluding hydrogens is 170 g/mol. The monoisotopic (exact) mass is 181 g/mol. The van der Waals surface area contributed by atoms with Crippen LogP contribution in [0.25, 0.3) is 0 Å². The quantitative estimate of drug-likeness (QED) is 0.582. The van der Waals surface area contributed by atoms with Crippen molar-refractivity contribution >= 4 is 5.82 Å². The van der Waals surface area contributed by atoms with Crippen molar-refractivity contribution in [2.24, 2.45) is 0 Å². The van der Waals surface area contributed by atoms with E-state index in [1.165, 1.54) is 0 Å². The van der Waals surface area contributed by atoms with Crippen molar-refractivity contribution in [3.8, 4) is 0 Å². The zero-order valence-electron chi connectivity index (χ0n) is 7.04. The number of hydrogen-bond donors (Lipinski definition) is 2. The first kappa shape index (κ1) is 8.40. The fourth-order valence-corrected chi connectivity index (χ4v) is 1.41. The smallest absolute Gasteiger partial charge is 0.147 e. The van der Waals surface area contributed by atoms with Crippen molar-refractivity contribution in [2.75, 3.05) is 18.0 Å². The van der Waals surface area contributed by atoms with Crippen LogP contribution in [0, 0.1) is 0 Å². The van der Waals surface area contributed by atoms with E-state index in [-0.39, 0.29) is 0 Å². The molecule has 2 heterocycles. The van der Waals surface area contributed by atoms with E-state index in [0.29, 0.717) is 18.9 Å². The molecule has 1 aliphatic rings. The summed E-state index contributed by atoms with van der Waals surface area (Å²) in [6.07, 6.45) is 3.44. The lowest BCUT2D eigenvalue weighted by Gasteiger charge is -2.14. The van der Waals surface area contributed by atoms with Gasteiger partial charge in [-0.3, -0.25) is 4.98 Å². The van der Waals surface area contributed by atoms with Gasteiger partial charge >= 0.3 is 0 Å². The highest BCUT2D eigenvalue weighted by Gasteiger charge is 2.30. The van der Waals surface area contributed by atoms with Gasteiger partial charge in [-0.1, -0.05) is 0 Å². The van der Waals surface area contributed by atoms with Crippen molar-refractivity contribution in [2.45, 2.75) is 12.2 Å². The van der Waals surface area contributed by atoms with Crippen molar-refractivity contribution < 1.29 is 10.2 Å². The number of aliphatic hydroxyl groups excluding tert-OH is 2. The van der Waals surface area contributed by atoms with Crippen LogP contribution in [-0.2, 0) is 0 Å². The van der Waals surface area contributed by atoms with Crippen molar-refractivity contribution in [3.63, 3.8) is 0 Å². The number of aromatic nitrogens is 2. The number of anilines is 1. The van der Waals surface area contributed by atoms with Gasteiger partial charge in [0.2, 0.25) is 0 Å². The van der Waals surface area contributed by atoms with Gasteiger partial charge in [-0.25, -0.2) is 4.98 Å². The first-order valence-electron chi connectivity index (χ1n) is 4.14. The van der Waals surface area contributed by atoms with Crippen LogP contribution in [0.5, 0.6) is 0 Å². The molecule has 13 heavy (non-hydrogen) atoms. The fraction of sp³-hybridized carbons (Fsp3) is 0.500. The molecule has 1 aliphatic heterocycles. The van der Waals surface area contributed by atoms with Crippen LogP contribution in [-0.4, -0.2) is 45.5 Å². The van der Waals surface area contributed by atoms with Gasteiger partial charge in [0.15, 0.2) is 0 Å². The SMILES string of the molecule is OC1CN(c2cnccn2)CC1O. The van der Waals surface area contributed by atoms with Crippen molar-refractivity contribution in [3.05, 3.63) is 18.6 Å². The van der Waals surface area contributed by atoms with Crippen molar-refractivity contribution in [1.29, 1.82) is 0 Å². The van der Waals surface area contributed by atoms with Crippen LogP contribution in [0.2, 0.25) is 0 Å². The molecule has 0 amide bonds. The Morgan fingerprint density at radius 3 is 2.46 bits per heavy atom. The Morgan fingerprint density at radius 2 is 1.92 bits per heavy atom. The Hall–Kier alpha value is -1.20. The van der Waals surface area contributed by atoms with Gasteiger partial charge in [0.05, 0.1) is 18.4 Å². The number of β-amino-alcohol motifs (C(OH)–C–C–N with tert-alkyl or cyclic N) is 2. The van der Waals surface area contributed by atoms with E-state index in [2.05, 4.69) is 9.97 Å². The third-order valence-electron chi connectivity index (χ3n) is 2.13. The summed E-state index contributed by atoms with van der Waals surface area (Å²) in [6, 6.07) is 0. The third-order valence-corrected chi connectivity index (χ3v) is 2.13. The summed E-state index contributed by atoms with van der Waals surface area (Å²) in [6.45, 7) is 0.833. The molecule has 5 nitrogen and oxygen atoms in total. The molecule has 2 atom stereocenters. The fourth-order valence-electron chi connectivity index (χ4n) is 1.41. The summed E-state index contributed by atoms with van der Waals surface area (Å²) >= 11 is 0. The van der Waals surface area contributed by atoms with Crippen LogP contribution in [0.3, 0.4) is 0 Å². The van der Waals surface area contributed by atoms with Gasteiger partial charge in [0.1, 0.15) is 5.82 Å². The molecule has 2 unspecified atom stereocenters. The molecule has 0 aliphatic carbocycles. The van der Waals surface area contributed by atoms with Gasteiger partial charge < -0.3 is 15.1 Å². The number of hydrogen-bond acceptors (Lipinski definition) is 5. The van der Waals surface area contributed by atoms with Gasteiger partial charge in [-0.05, 0) is 0 Å². The summed E-state index contributed by atoms with van der Waals surface area (Å²) in [5, 5.41) is 18.6. The second-order valence-corrected chi connectivity index (χ2v) is 3.10. The molecular formula is C8H11N3O2. The van der Waals surface area contributed by atoms with Gasteiger partial charge in [-0.2, -0.15) is 0 Å². The highest BCUT2D eigenvalue weighted by Crippen LogP contribution is 2.16. The molecule has 1 aromatic rings. The van der Waals surface area contributed by atoms with Crippen LogP contribution >= 0.6 is 0 Å². The molecule has 2 rings (SSSR count). The van der Waals surface area contributed by atoms with E-state index in [4.69, 9.17) is 0 Å². The summed E-state index contributed by atoms with van der Waals surface area (Å²) in [7, 11) is 0. The summed E-state index contributed by atoms with van der Waals surface area (Å²) in [4.78, 5) is 9.79. The van der Waals surface area contributed by atoms with Gasteiger partial charge in [0.25, 0.3) is 0 Å².